The van der Waals surface area contributed by atoms with E-state index in [9.17, 15) is 0 Å². The summed E-state index contributed by atoms with van der Waals surface area (Å²) in [6, 6.07) is 31.9. The fourth-order valence-electron chi connectivity index (χ4n) is 6.89. The van der Waals surface area contributed by atoms with Crippen LogP contribution in [0.4, 0.5) is 0 Å². The zero-order valence-electron chi connectivity index (χ0n) is 31.5. The average Bonchev–Trinajstić information content (AvgIpc) is 3.41. The zero-order valence-corrected chi connectivity index (χ0v) is 34.8. The minimum Gasteiger partial charge on any atom is -0.486 e. The van der Waals surface area contributed by atoms with Crippen LogP contribution in [0.2, 0.25) is 19.6 Å². The second-order valence-corrected chi connectivity index (χ2v) is 20.1. The van der Waals surface area contributed by atoms with Gasteiger partial charge in [0.05, 0.1) is 19.4 Å². The minimum atomic E-state index is -1.34. The number of furan rings is 1. The van der Waals surface area contributed by atoms with Gasteiger partial charge in [0, 0.05) is 43.4 Å². The van der Waals surface area contributed by atoms with Crippen LogP contribution in [-0.2, 0) is 26.5 Å². The number of fused-ring (bicyclic) bond motifs is 3. The smallest absolute Gasteiger partial charge is 0.216 e. The minimum absolute atomic E-state index is 0. The van der Waals surface area contributed by atoms with Gasteiger partial charge >= 0.3 is 0 Å². The van der Waals surface area contributed by atoms with E-state index >= 15 is 0 Å². The van der Waals surface area contributed by atoms with Gasteiger partial charge in [0.15, 0.2) is 0 Å². The summed E-state index contributed by atoms with van der Waals surface area (Å²) in [7, 11) is -1.34. The fraction of sp³-hybridized carbons (Fsp3) is 0.267. The molecule has 0 spiro atoms. The zero-order chi connectivity index (χ0) is 35.7. The van der Waals surface area contributed by atoms with Gasteiger partial charge in [-0.2, -0.15) is 0 Å². The maximum atomic E-state index is 6.32. The summed E-state index contributed by atoms with van der Waals surface area (Å²) in [5, 5.41) is 3.56. The molecule has 0 aliphatic carbocycles. The molecule has 0 saturated heterocycles. The molecule has 0 bridgehead atoms. The predicted molar refractivity (Wildman–Crippen MR) is 213 cm³/mol. The van der Waals surface area contributed by atoms with Gasteiger partial charge < -0.3 is 14.4 Å². The number of pyridine rings is 3. The third-order valence-electron chi connectivity index (χ3n) is 9.02. The maximum absolute atomic E-state index is 6.32. The molecule has 4 aromatic heterocycles. The number of aromatic nitrogens is 3. The van der Waals surface area contributed by atoms with E-state index < -0.39 is 8.07 Å². The van der Waals surface area contributed by atoms with Gasteiger partial charge in [0.1, 0.15) is 0 Å². The van der Waals surface area contributed by atoms with Crippen molar-refractivity contribution in [3.05, 3.63) is 131 Å². The van der Waals surface area contributed by atoms with Gasteiger partial charge in [0.25, 0.3) is 0 Å². The molecule has 0 aliphatic rings. The van der Waals surface area contributed by atoms with E-state index in [2.05, 4.69) is 145 Å². The molecule has 0 N–H and O–H groups in total. The molecular weight excluding hydrogens is 819 g/mol. The average molecular weight is 866 g/mol. The molecule has 4 heterocycles. The normalized spacial score (nSPS) is 11.4. The first-order valence-corrected chi connectivity index (χ1v) is 21.0. The van der Waals surface area contributed by atoms with Crippen molar-refractivity contribution in [1.82, 2.24) is 15.0 Å². The second-order valence-electron chi connectivity index (χ2n) is 15.1. The van der Waals surface area contributed by atoms with Crippen molar-refractivity contribution in [3.63, 3.8) is 0 Å². The molecule has 51 heavy (non-hydrogen) atoms. The van der Waals surface area contributed by atoms with Crippen molar-refractivity contribution in [3.8, 4) is 33.8 Å². The number of aryl methyl sites for hydroxylation is 5. The van der Waals surface area contributed by atoms with E-state index in [1.165, 1.54) is 33.0 Å². The molecule has 0 saturated carbocycles. The Labute approximate surface area is 318 Å². The van der Waals surface area contributed by atoms with E-state index in [1.54, 1.807) is 0 Å². The molecule has 0 unspecified atom stereocenters. The standard InChI is InChI=1S/C27H23N2O.C18H24NSi.Ir/c1-15-8-9-28-24(14-15)22-13-17(3)12-21-20-6-7-23(29-27(20)30-26(21)22)25-18(4)10-16(2)11-19(25)5;1-14(2)11-16-12-17(15-9-7-6-8-10-15)19-13-18(16)20(3,4)5;/h6-12,14H,1-5H3;6-9,12-14H,11H2,1-5H3;/q2*-1;. The molecule has 4 nitrogen and oxygen atoms in total. The number of hydrogen-bond acceptors (Lipinski definition) is 4. The van der Waals surface area contributed by atoms with Crippen LogP contribution >= 0.6 is 0 Å². The topological polar surface area (TPSA) is 51.8 Å². The first-order valence-electron chi connectivity index (χ1n) is 17.5. The van der Waals surface area contributed by atoms with E-state index in [0.717, 1.165) is 62.1 Å². The SMILES string of the molecule is CC(C)Cc1cc(-c2[c-]cccc2)ncc1[Si](C)(C)C.Cc1[c-]c(-c2cc(C)ccn2)c2oc3nc(-c4c(C)cc(C)cc4C)ccc3c2c1.[Ir]. The first-order chi connectivity index (χ1) is 23.8. The Morgan fingerprint density at radius 3 is 2.16 bits per heavy atom. The van der Waals surface area contributed by atoms with Gasteiger partial charge in [-0.15, -0.1) is 53.6 Å². The van der Waals surface area contributed by atoms with Crippen LogP contribution in [0.25, 0.3) is 55.8 Å². The van der Waals surface area contributed by atoms with Crippen LogP contribution in [0.5, 0.6) is 0 Å². The fourth-order valence-corrected chi connectivity index (χ4v) is 8.48. The molecule has 263 valence electrons. The number of nitrogens with zero attached hydrogens (tertiary/aromatic N) is 3. The molecule has 6 heteroatoms. The van der Waals surface area contributed by atoms with Gasteiger partial charge in [-0.25, -0.2) is 4.98 Å². The second kappa shape index (κ2) is 15.6. The third-order valence-corrected chi connectivity index (χ3v) is 11.1. The summed E-state index contributed by atoms with van der Waals surface area (Å²) in [4.78, 5) is 14.2. The number of benzene rings is 3. The largest absolute Gasteiger partial charge is 0.486 e. The summed E-state index contributed by atoms with van der Waals surface area (Å²) >= 11 is 0. The first kappa shape index (κ1) is 38.0. The third kappa shape index (κ3) is 8.47. The molecule has 0 aliphatic heterocycles. The number of hydrogen-bond donors (Lipinski definition) is 0. The Kier molecular flexibility index (Phi) is 11.6. The van der Waals surface area contributed by atoms with Crippen molar-refractivity contribution < 1.29 is 24.5 Å². The Hall–Kier alpha value is -4.22. The Morgan fingerprint density at radius 1 is 0.765 bits per heavy atom. The van der Waals surface area contributed by atoms with Gasteiger partial charge in [-0.3, -0.25) is 0 Å². The van der Waals surface area contributed by atoms with Gasteiger partial charge in [-0.05, 0) is 85.9 Å². The Morgan fingerprint density at radius 2 is 1.51 bits per heavy atom. The van der Waals surface area contributed by atoms with Gasteiger partial charge in [-0.1, -0.05) is 92.3 Å². The van der Waals surface area contributed by atoms with Crippen LogP contribution in [0.3, 0.4) is 0 Å². The summed E-state index contributed by atoms with van der Waals surface area (Å²) in [6.45, 7) is 22.3. The van der Waals surface area contributed by atoms with Crippen LogP contribution in [-0.4, -0.2) is 23.0 Å². The molecule has 7 aromatic rings. The molecule has 0 atom stereocenters. The van der Waals surface area contributed by atoms with E-state index in [1.807, 2.05) is 30.5 Å². The summed E-state index contributed by atoms with van der Waals surface area (Å²) in [5.74, 6) is 0.667. The number of rotatable bonds is 6. The van der Waals surface area contributed by atoms with Crippen molar-refractivity contribution in [1.29, 1.82) is 0 Å². The quantitative estimate of drug-likeness (QED) is 0.123. The summed E-state index contributed by atoms with van der Waals surface area (Å²) < 4.78 is 6.32. The van der Waals surface area contributed by atoms with Crippen LogP contribution in [0, 0.1) is 52.7 Å². The Balaban J connectivity index is 0.000000211. The van der Waals surface area contributed by atoms with E-state index in [4.69, 9.17) is 9.40 Å². The molecule has 7 rings (SSSR count). The van der Waals surface area contributed by atoms with E-state index in [-0.39, 0.29) is 20.1 Å². The van der Waals surface area contributed by atoms with Crippen LogP contribution in [0.1, 0.15) is 47.2 Å². The molecular formula is C45H47IrN3OSi-2. The van der Waals surface area contributed by atoms with Gasteiger partial charge in [0.2, 0.25) is 5.71 Å². The summed E-state index contributed by atoms with van der Waals surface area (Å²) in [6.07, 6.45) is 5.07. The van der Waals surface area contributed by atoms with Crippen LogP contribution < -0.4 is 5.19 Å². The molecule has 3 aromatic carbocycles. The molecule has 0 amide bonds. The predicted octanol–water partition coefficient (Wildman–Crippen LogP) is 11.3. The molecule has 0 fully saturated rings. The van der Waals surface area contributed by atoms with Crippen molar-refractivity contribution in [2.24, 2.45) is 5.92 Å². The maximum Gasteiger partial charge on any atom is 0.216 e. The summed E-state index contributed by atoms with van der Waals surface area (Å²) in [5.41, 5.74) is 14.8. The monoisotopic (exact) mass is 866 g/mol. The molecule has 1 radical (unpaired) electrons. The van der Waals surface area contributed by atoms with Crippen molar-refractivity contribution in [2.45, 2.75) is 74.5 Å². The Bertz CT molecular complexity index is 2300. The van der Waals surface area contributed by atoms with Crippen LogP contribution in [0.15, 0.2) is 89.6 Å². The van der Waals surface area contributed by atoms with Crippen molar-refractivity contribution >= 4 is 35.3 Å². The van der Waals surface area contributed by atoms with Crippen molar-refractivity contribution in [2.75, 3.05) is 0 Å². The van der Waals surface area contributed by atoms with E-state index in [0.29, 0.717) is 11.6 Å².